The van der Waals surface area contributed by atoms with Gasteiger partial charge in [-0.05, 0) is 37.1 Å². The minimum Gasteiger partial charge on any atom is -0.316 e. The van der Waals surface area contributed by atoms with E-state index in [1.807, 2.05) is 6.92 Å². The number of hydrogen-bond acceptors (Lipinski definition) is 5. The SMILES string of the molecule is Cc1ccc(S(=O)(=O)NC(=O)N(Cc2ccccc2Cl)C2CCS(=O)(=O)C2)cc1. The van der Waals surface area contributed by atoms with Gasteiger partial charge in [0.15, 0.2) is 9.84 Å². The molecule has 0 aliphatic carbocycles. The summed E-state index contributed by atoms with van der Waals surface area (Å²) < 4.78 is 51.1. The van der Waals surface area contributed by atoms with E-state index in [1.54, 1.807) is 36.4 Å². The highest BCUT2D eigenvalue weighted by Gasteiger charge is 2.36. The molecule has 156 valence electrons. The highest BCUT2D eigenvalue weighted by molar-refractivity contribution is 7.91. The van der Waals surface area contributed by atoms with E-state index in [9.17, 15) is 21.6 Å². The van der Waals surface area contributed by atoms with Crippen molar-refractivity contribution in [2.75, 3.05) is 11.5 Å². The van der Waals surface area contributed by atoms with Crippen LogP contribution in [0.25, 0.3) is 0 Å². The molecule has 7 nitrogen and oxygen atoms in total. The molecule has 0 aromatic heterocycles. The lowest BCUT2D eigenvalue weighted by molar-refractivity contribution is 0.182. The first-order valence-electron chi connectivity index (χ1n) is 8.91. The van der Waals surface area contributed by atoms with Crippen LogP contribution < -0.4 is 4.72 Å². The fraction of sp³-hybridized carbons (Fsp3) is 0.316. The standard InChI is InChI=1S/C19H21ClN2O5S2/c1-14-6-8-17(9-7-14)29(26,27)21-19(23)22(16-10-11-28(24,25)13-16)12-15-4-2-3-5-18(15)20/h2-9,16H,10-13H2,1H3,(H,21,23). The number of urea groups is 1. The molecule has 1 saturated heterocycles. The largest absolute Gasteiger partial charge is 0.331 e. The van der Waals surface area contributed by atoms with Gasteiger partial charge in [0.2, 0.25) is 0 Å². The average Bonchev–Trinajstić information content (AvgIpc) is 3.00. The van der Waals surface area contributed by atoms with Crippen LogP contribution in [0.2, 0.25) is 5.02 Å². The summed E-state index contributed by atoms with van der Waals surface area (Å²) in [6, 6.07) is 11.4. The highest BCUT2D eigenvalue weighted by atomic mass is 35.5. The van der Waals surface area contributed by atoms with Crippen LogP contribution in [-0.4, -0.2) is 45.3 Å². The number of sulfonamides is 1. The summed E-state index contributed by atoms with van der Waals surface area (Å²) in [7, 11) is -7.39. The molecule has 0 saturated carbocycles. The zero-order chi connectivity index (χ0) is 21.2. The number of nitrogens with one attached hydrogen (secondary N) is 1. The van der Waals surface area contributed by atoms with Crippen molar-refractivity contribution in [3.05, 3.63) is 64.7 Å². The van der Waals surface area contributed by atoms with Crippen molar-refractivity contribution in [1.82, 2.24) is 9.62 Å². The van der Waals surface area contributed by atoms with Crippen LogP contribution in [0, 0.1) is 6.92 Å². The lowest BCUT2D eigenvalue weighted by Gasteiger charge is -2.28. The molecule has 0 bridgehead atoms. The van der Waals surface area contributed by atoms with Crippen molar-refractivity contribution >= 4 is 37.5 Å². The Morgan fingerprint density at radius 3 is 2.41 bits per heavy atom. The maximum absolute atomic E-state index is 12.9. The van der Waals surface area contributed by atoms with E-state index in [0.717, 1.165) is 5.56 Å². The van der Waals surface area contributed by atoms with E-state index in [1.165, 1.54) is 17.0 Å². The molecule has 29 heavy (non-hydrogen) atoms. The second-order valence-electron chi connectivity index (χ2n) is 7.00. The van der Waals surface area contributed by atoms with E-state index >= 15 is 0 Å². The fourth-order valence-electron chi connectivity index (χ4n) is 3.15. The minimum absolute atomic E-state index is 0.00485. The second kappa shape index (κ2) is 8.33. The van der Waals surface area contributed by atoms with Crippen molar-refractivity contribution < 1.29 is 21.6 Å². The van der Waals surface area contributed by atoms with Gasteiger partial charge in [-0.1, -0.05) is 47.5 Å². The monoisotopic (exact) mass is 456 g/mol. The molecular weight excluding hydrogens is 436 g/mol. The Balaban J connectivity index is 1.87. The van der Waals surface area contributed by atoms with Crippen LogP contribution >= 0.6 is 11.6 Å². The van der Waals surface area contributed by atoms with Crippen LogP contribution in [0.3, 0.4) is 0 Å². The maximum Gasteiger partial charge on any atom is 0.331 e. The lowest BCUT2D eigenvalue weighted by Crippen LogP contribution is -2.48. The van der Waals surface area contributed by atoms with Gasteiger partial charge in [-0.2, -0.15) is 0 Å². The lowest BCUT2D eigenvalue weighted by atomic mass is 10.1. The molecule has 2 amide bonds. The summed E-state index contributed by atoms with van der Waals surface area (Å²) in [5, 5.41) is 0.410. The van der Waals surface area contributed by atoms with Crippen LogP contribution in [0.15, 0.2) is 53.4 Å². The molecule has 0 spiro atoms. The molecule has 1 aliphatic heterocycles. The Labute approximate surface area is 175 Å². The molecule has 1 unspecified atom stereocenters. The van der Waals surface area contributed by atoms with Gasteiger partial charge in [0.1, 0.15) is 0 Å². The van der Waals surface area contributed by atoms with E-state index in [-0.39, 0.29) is 29.4 Å². The minimum atomic E-state index is -4.11. The Kier molecular flexibility index (Phi) is 6.21. The van der Waals surface area contributed by atoms with Gasteiger partial charge in [0.05, 0.1) is 16.4 Å². The van der Waals surface area contributed by atoms with Crippen LogP contribution in [0.5, 0.6) is 0 Å². The molecule has 1 fully saturated rings. The molecule has 0 radical (unpaired) electrons. The van der Waals surface area contributed by atoms with Crippen molar-refractivity contribution in [2.45, 2.75) is 30.8 Å². The quantitative estimate of drug-likeness (QED) is 0.745. The van der Waals surface area contributed by atoms with Gasteiger partial charge in [0.25, 0.3) is 10.0 Å². The van der Waals surface area contributed by atoms with Gasteiger partial charge in [-0.15, -0.1) is 0 Å². The first-order valence-corrected chi connectivity index (χ1v) is 12.6. The summed E-state index contributed by atoms with van der Waals surface area (Å²) >= 11 is 6.18. The van der Waals surface area contributed by atoms with Gasteiger partial charge in [-0.25, -0.2) is 26.4 Å². The predicted molar refractivity (Wildman–Crippen MR) is 111 cm³/mol. The molecule has 1 atom stereocenters. The number of benzene rings is 2. The third kappa shape index (κ3) is 5.29. The number of carbonyl (C=O) groups is 1. The Hall–Kier alpha value is -2.10. The third-order valence-electron chi connectivity index (χ3n) is 4.76. The Morgan fingerprint density at radius 1 is 1.17 bits per heavy atom. The Bertz CT molecular complexity index is 1120. The summed E-state index contributed by atoms with van der Waals surface area (Å²) in [5.41, 5.74) is 1.48. The average molecular weight is 457 g/mol. The number of nitrogens with zero attached hydrogens (tertiary/aromatic N) is 1. The summed E-state index contributed by atoms with van der Waals surface area (Å²) in [5.74, 6) is -0.260. The van der Waals surface area contributed by atoms with Crippen molar-refractivity contribution in [3.8, 4) is 0 Å². The topological polar surface area (TPSA) is 101 Å². The van der Waals surface area contributed by atoms with E-state index < -0.39 is 31.9 Å². The highest BCUT2D eigenvalue weighted by Crippen LogP contribution is 2.24. The fourth-order valence-corrected chi connectivity index (χ4v) is 6.03. The molecule has 2 aromatic carbocycles. The van der Waals surface area contributed by atoms with E-state index in [2.05, 4.69) is 4.72 Å². The first kappa shape index (κ1) is 21.6. The van der Waals surface area contributed by atoms with Crippen molar-refractivity contribution in [1.29, 1.82) is 0 Å². The molecule has 1 N–H and O–H groups in total. The van der Waals surface area contributed by atoms with Crippen molar-refractivity contribution in [2.24, 2.45) is 0 Å². The number of hydrogen-bond donors (Lipinski definition) is 1. The molecule has 10 heteroatoms. The number of rotatable bonds is 5. The third-order valence-corrected chi connectivity index (χ3v) is 8.22. The van der Waals surface area contributed by atoms with Gasteiger partial charge >= 0.3 is 6.03 Å². The maximum atomic E-state index is 12.9. The molecule has 3 rings (SSSR count). The van der Waals surface area contributed by atoms with E-state index in [4.69, 9.17) is 11.6 Å². The van der Waals surface area contributed by atoms with Crippen molar-refractivity contribution in [3.63, 3.8) is 0 Å². The molecule has 2 aromatic rings. The molecule has 1 heterocycles. The van der Waals surface area contributed by atoms with Crippen LogP contribution in [0.1, 0.15) is 17.5 Å². The first-order chi connectivity index (χ1) is 13.6. The summed E-state index contributed by atoms with van der Waals surface area (Å²) in [4.78, 5) is 14.1. The number of sulfone groups is 1. The summed E-state index contributed by atoms with van der Waals surface area (Å²) in [6.45, 7) is 1.82. The van der Waals surface area contributed by atoms with Gasteiger partial charge in [0, 0.05) is 17.6 Å². The normalized spacial score (nSPS) is 18.3. The molecular formula is C19H21ClN2O5S2. The summed E-state index contributed by atoms with van der Waals surface area (Å²) in [6.07, 6.45) is 0.241. The molecule has 1 aliphatic rings. The predicted octanol–water partition coefficient (Wildman–Crippen LogP) is 2.74. The number of amides is 2. The van der Waals surface area contributed by atoms with Crippen LogP contribution in [0.4, 0.5) is 4.79 Å². The van der Waals surface area contributed by atoms with Gasteiger partial charge in [-0.3, -0.25) is 0 Å². The second-order valence-corrected chi connectivity index (χ2v) is 11.3. The smallest absolute Gasteiger partial charge is 0.316 e. The number of halogens is 1. The zero-order valence-electron chi connectivity index (χ0n) is 15.7. The zero-order valence-corrected chi connectivity index (χ0v) is 18.1. The number of carbonyl (C=O) groups excluding carboxylic acids is 1. The van der Waals surface area contributed by atoms with Gasteiger partial charge < -0.3 is 4.90 Å². The Morgan fingerprint density at radius 2 is 1.83 bits per heavy atom. The van der Waals surface area contributed by atoms with Crippen LogP contribution in [-0.2, 0) is 26.4 Å². The number of aryl methyl sites for hydroxylation is 1. The van der Waals surface area contributed by atoms with E-state index in [0.29, 0.717) is 10.6 Å².